The Morgan fingerprint density at radius 3 is 1.27 bits per heavy atom. The van der Waals surface area contributed by atoms with Crippen LogP contribution in [0.2, 0.25) is 0 Å². The van der Waals surface area contributed by atoms with Crippen molar-refractivity contribution in [2.24, 2.45) is 0 Å². The van der Waals surface area contributed by atoms with Crippen molar-refractivity contribution in [3.05, 3.63) is 40.9 Å². The van der Waals surface area contributed by atoms with Gasteiger partial charge in [-0.25, -0.2) is 0 Å². The molecular weight excluding hydrogens is 256 g/mol. The summed E-state index contributed by atoms with van der Waals surface area (Å²) in [7, 11) is 0. The van der Waals surface area contributed by atoms with Crippen molar-refractivity contribution in [3.63, 3.8) is 0 Å². The monoisotopic (exact) mass is 258 g/mol. The molecule has 0 unspecified atom stereocenters. The van der Waals surface area contributed by atoms with Gasteiger partial charge in [0, 0.05) is 0 Å². The Balaban J connectivity index is 2.42. The maximum atomic E-state index is 11.0. The lowest BCUT2D eigenvalue weighted by atomic mass is 10.3. The zero-order valence-electron chi connectivity index (χ0n) is 6.94. The van der Waals surface area contributed by atoms with Crippen LogP contribution in [0.4, 0.5) is 0 Å². The second kappa shape index (κ2) is 3.36. The van der Waals surface area contributed by atoms with E-state index in [-0.39, 0.29) is 19.6 Å². The molecule has 0 saturated carbocycles. The largest absolute Gasteiger partial charge is 0.284 e. The van der Waals surface area contributed by atoms with Gasteiger partial charge >= 0.3 is 0 Å². The van der Waals surface area contributed by atoms with Crippen molar-refractivity contribution < 1.29 is 0 Å². The molecule has 7 heteroatoms. The fourth-order valence-electron chi connectivity index (χ4n) is 1.01. The zero-order valence-corrected chi connectivity index (χ0v) is 9.54. The van der Waals surface area contributed by atoms with Gasteiger partial charge < -0.3 is 0 Å². The van der Waals surface area contributed by atoms with E-state index >= 15 is 0 Å². The van der Waals surface area contributed by atoms with E-state index in [1.165, 1.54) is 0 Å². The summed E-state index contributed by atoms with van der Waals surface area (Å²) < 4.78 is 0. The quantitative estimate of drug-likeness (QED) is 0.567. The fraction of sp³-hybridized carbons (Fsp3) is 0. The first-order valence-corrected chi connectivity index (χ1v) is 5.38. The molecule has 0 spiro atoms. The molecule has 0 aromatic heterocycles. The summed E-state index contributed by atoms with van der Waals surface area (Å²) >= 11 is 8.37. The molecule has 0 aliphatic heterocycles. The van der Waals surface area contributed by atoms with E-state index in [0.717, 1.165) is 11.8 Å². The van der Waals surface area contributed by atoms with Crippen molar-refractivity contribution >= 4 is 37.0 Å². The van der Waals surface area contributed by atoms with Crippen molar-refractivity contribution in [1.82, 2.24) is 0 Å². The Kier molecular flexibility index (Phi) is 2.40. The van der Waals surface area contributed by atoms with Crippen LogP contribution in [0.5, 0.6) is 0 Å². The molecule has 0 heterocycles. The molecule has 0 N–H and O–H groups in total. The molecule has 0 fully saturated rings. The standard InChI is InChI=1S/C8H2O4S3/c9-1-3(11)7(5(1)13)15-8-4(12)2(10)6(8)14/h13-14H. The molecule has 4 nitrogen and oxygen atoms in total. The number of rotatable bonds is 2. The summed E-state index contributed by atoms with van der Waals surface area (Å²) in [5, 5.41) is 0. The molecule has 0 radical (unpaired) electrons. The fourth-order valence-corrected chi connectivity index (χ4v) is 2.64. The predicted molar refractivity (Wildman–Crippen MR) is 61.3 cm³/mol. The summed E-state index contributed by atoms with van der Waals surface area (Å²) in [6.07, 6.45) is 0. The van der Waals surface area contributed by atoms with Gasteiger partial charge in [-0.05, 0) is 0 Å². The third kappa shape index (κ3) is 1.34. The van der Waals surface area contributed by atoms with Gasteiger partial charge in [0.25, 0.3) is 0 Å². The molecule has 76 valence electrons. The van der Waals surface area contributed by atoms with E-state index in [1.54, 1.807) is 0 Å². The third-order valence-corrected chi connectivity index (χ3v) is 4.23. The Labute approximate surface area is 97.5 Å². The molecule has 2 aromatic carbocycles. The van der Waals surface area contributed by atoms with Gasteiger partial charge in [-0.3, -0.25) is 19.2 Å². The third-order valence-electron chi connectivity index (χ3n) is 1.89. The van der Waals surface area contributed by atoms with Gasteiger partial charge in [-0.15, -0.1) is 25.3 Å². The Morgan fingerprint density at radius 1 is 0.667 bits per heavy atom. The Bertz CT molecular complexity index is 637. The van der Waals surface area contributed by atoms with E-state index in [0.29, 0.717) is 0 Å². The van der Waals surface area contributed by atoms with Gasteiger partial charge in [0.15, 0.2) is 0 Å². The van der Waals surface area contributed by atoms with E-state index in [4.69, 9.17) is 0 Å². The van der Waals surface area contributed by atoms with Crippen LogP contribution in [-0.2, 0) is 0 Å². The number of hydrogen-bond donors (Lipinski definition) is 2. The average Bonchev–Trinajstić information content (AvgIpc) is 2.27. The molecule has 15 heavy (non-hydrogen) atoms. The highest BCUT2D eigenvalue weighted by Gasteiger charge is 2.25. The van der Waals surface area contributed by atoms with E-state index in [9.17, 15) is 19.2 Å². The van der Waals surface area contributed by atoms with Gasteiger partial charge in [0.1, 0.15) is 0 Å². The van der Waals surface area contributed by atoms with Crippen molar-refractivity contribution in [1.29, 1.82) is 0 Å². The molecule has 0 aliphatic rings. The lowest BCUT2D eigenvalue weighted by Gasteiger charge is -2.07. The first-order valence-electron chi connectivity index (χ1n) is 3.67. The summed E-state index contributed by atoms with van der Waals surface area (Å²) in [5.41, 5.74) is -2.68. The minimum atomic E-state index is -0.675. The first-order chi connectivity index (χ1) is 6.95. The first kappa shape index (κ1) is 10.7. The maximum Gasteiger partial charge on any atom is 0.242 e. The molecule has 2 rings (SSSR count). The molecule has 2 aromatic rings. The molecule has 0 saturated heterocycles. The topological polar surface area (TPSA) is 68.3 Å². The van der Waals surface area contributed by atoms with Crippen molar-refractivity contribution in [3.8, 4) is 0 Å². The van der Waals surface area contributed by atoms with Crippen LogP contribution < -0.4 is 21.7 Å². The van der Waals surface area contributed by atoms with Crippen molar-refractivity contribution in [2.45, 2.75) is 19.6 Å². The van der Waals surface area contributed by atoms with Gasteiger partial charge in [0.05, 0.1) is 19.6 Å². The zero-order chi connectivity index (χ0) is 11.3. The van der Waals surface area contributed by atoms with E-state index in [1.807, 2.05) is 0 Å². The van der Waals surface area contributed by atoms with Crippen LogP contribution in [0.1, 0.15) is 0 Å². The van der Waals surface area contributed by atoms with Crippen molar-refractivity contribution in [2.75, 3.05) is 0 Å². The van der Waals surface area contributed by atoms with Gasteiger partial charge in [-0.1, -0.05) is 11.8 Å². The van der Waals surface area contributed by atoms with E-state index in [2.05, 4.69) is 25.3 Å². The molecule has 0 aliphatic carbocycles. The molecule has 0 atom stereocenters. The van der Waals surface area contributed by atoms with Gasteiger partial charge in [-0.2, -0.15) is 0 Å². The summed E-state index contributed by atoms with van der Waals surface area (Å²) in [6, 6.07) is 0. The normalized spacial score (nSPS) is 11.3. The number of thiol groups is 2. The highest BCUT2D eigenvalue weighted by molar-refractivity contribution is 8.00. The summed E-state index contributed by atoms with van der Waals surface area (Å²) in [4.78, 5) is 43.9. The molecule has 0 amide bonds. The van der Waals surface area contributed by atoms with Crippen LogP contribution in [0.3, 0.4) is 0 Å². The Morgan fingerprint density at radius 2 is 1.00 bits per heavy atom. The molecular formula is C8H2O4S3. The summed E-state index contributed by atoms with van der Waals surface area (Å²) in [6.45, 7) is 0. The smallest absolute Gasteiger partial charge is 0.242 e. The van der Waals surface area contributed by atoms with Crippen LogP contribution in [0.25, 0.3) is 0 Å². The minimum Gasteiger partial charge on any atom is -0.284 e. The van der Waals surface area contributed by atoms with Gasteiger partial charge in [0.2, 0.25) is 21.7 Å². The lowest BCUT2D eigenvalue weighted by Crippen LogP contribution is -2.37. The second-order valence-electron chi connectivity index (χ2n) is 2.77. The SMILES string of the molecule is O=c1c(S)c(Sc2c(S)c(=O)c2=O)c1=O. The molecule has 0 bridgehead atoms. The average molecular weight is 258 g/mol. The maximum absolute atomic E-state index is 11.0. The lowest BCUT2D eigenvalue weighted by molar-refractivity contribution is 1.01. The highest BCUT2D eigenvalue weighted by atomic mass is 32.2. The number of hydrogen-bond acceptors (Lipinski definition) is 7. The minimum absolute atomic E-state index is 0.0331. The highest BCUT2D eigenvalue weighted by Crippen LogP contribution is 2.30. The van der Waals surface area contributed by atoms with Crippen LogP contribution in [0, 0.1) is 0 Å². The predicted octanol–water partition coefficient (Wildman–Crippen LogP) is -0.393. The Hall–Kier alpha value is -0.790. The summed E-state index contributed by atoms with van der Waals surface area (Å²) in [5.74, 6) is 0. The van der Waals surface area contributed by atoms with Crippen LogP contribution in [-0.4, -0.2) is 0 Å². The van der Waals surface area contributed by atoms with Crippen LogP contribution in [0.15, 0.2) is 38.8 Å². The second-order valence-corrected chi connectivity index (χ2v) is 4.69. The van der Waals surface area contributed by atoms with Crippen LogP contribution >= 0.6 is 37.0 Å². The van der Waals surface area contributed by atoms with E-state index < -0.39 is 21.7 Å².